The molecule has 1 aliphatic heterocycles. The largest absolute Gasteiger partial charge is 0.481 e. The smallest absolute Gasteiger partial charge is 0.422 e. The first-order chi connectivity index (χ1) is 10.5. The van der Waals surface area contributed by atoms with Crippen molar-refractivity contribution in [2.75, 3.05) is 6.61 Å². The molecule has 0 aromatic rings. The van der Waals surface area contributed by atoms with Gasteiger partial charge >= 0.3 is 12.1 Å². The fourth-order valence-corrected chi connectivity index (χ4v) is 3.41. The number of ether oxygens (including phenoxy) is 2. The average molecular weight is 330 g/mol. The number of hydrogen-bond donors (Lipinski definition) is 4. The van der Waals surface area contributed by atoms with E-state index in [1.54, 1.807) is 27.7 Å². The van der Waals surface area contributed by atoms with Crippen LogP contribution in [-0.2, 0) is 14.3 Å². The van der Waals surface area contributed by atoms with E-state index in [1.165, 1.54) is 0 Å². The van der Waals surface area contributed by atoms with Gasteiger partial charge < -0.3 is 19.7 Å². The number of carboxylic acids is 1. The summed E-state index contributed by atoms with van der Waals surface area (Å²) in [7, 11) is 0. The molecular formula is C15H26N2O6. The van der Waals surface area contributed by atoms with Gasteiger partial charge in [-0.25, -0.2) is 10.2 Å². The van der Waals surface area contributed by atoms with Gasteiger partial charge in [0.2, 0.25) is 0 Å². The van der Waals surface area contributed by atoms with Gasteiger partial charge in [0.25, 0.3) is 0 Å². The van der Waals surface area contributed by atoms with E-state index in [2.05, 4.69) is 10.9 Å². The lowest BCUT2D eigenvalue weighted by atomic mass is 9.62. The molecule has 2 fully saturated rings. The minimum absolute atomic E-state index is 0.00617. The first kappa shape index (κ1) is 18.0. The molecule has 0 radical (unpaired) electrons. The first-order valence-corrected chi connectivity index (χ1v) is 7.82. The highest BCUT2D eigenvalue weighted by Gasteiger charge is 2.66. The standard InChI is InChI=1S/C15H26N2O6/c1-9-15(21)7-10(16-17-12(20)23-13(2,3)4)5-6-14(15,8-22-9)11(18)19/h9-10,16,21H,5-8H2,1-4H3,(H,17,20)(H,18,19). The maximum atomic E-state index is 11.7. The van der Waals surface area contributed by atoms with Crippen LogP contribution < -0.4 is 10.9 Å². The van der Waals surface area contributed by atoms with Crippen molar-refractivity contribution >= 4 is 12.1 Å². The third-order valence-corrected chi connectivity index (χ3v) is 4.74. The van der Waals surface area contributed by atoms with Crippen LogP contribution in [0.2, 0.25) is 0 Å². The third kappa shape index (κ3) is 3.29. The van der Waals surface area contributed by atoms with Crippen molar-refractivity contribution in [1.82, 2.24) is 10.9 Å². The van der Waals surface area contributed by atoms with Gasteiger partial charge in [-0.05, 0) is 47.0 Å². The van der Waals surface area contributed by atoms with Crippen molar-refractivity contribution in [3.63, 3.8) is 0 Å². The topological polar surface area (TPSA) is 117 Å². The zero-order chi connectivity index (χ0) is 17.5. The first-order valence-electron chi connectivity index (χ1n) is 7.82. The number of amides is 1. The number of carbonyl (C=O) groups is 2. The van der Waals surface area contributed by atoms with E-state index in [0.29, 0.717) is 6.42 Å². The highest BCUT2D eigenvalue weighted by atomic mass is 16.6. The fraction of sp³-hybridized carbons (Fsp3) is 0.867. The summed E-state index contributed by atoms with van der Waals surface area (Å²) in [6.45, 7) is 6.96. The number of carboxylic acid groups (broad SMARTS) is 1. The number of fused-ring (bicyclic) bond motifs is 1. The molecule has 4 atom stereocenters. The molecule has 0 bridgehead atoms. The summed E-state index contributed by atoms with van der Waals surface area (Å²) < 4.78 is 10.6. The number of hydrazine groups is 1. The predicted molar refractivity (Wildman–Crippen MR) is 80.6 cm³/mol. The van der Waals surface area contributed by atoms with Crippen LogP contribution in [0.3, 0.4) is 0 Å². The van der Waals surface area contributed by atoms with Gasteiger partial charge in [0.1, 0.15) is 16.6 Å². The molecule has 1 amide bonds. The molecule has 1 heterocycles. The summed E-state index contributed by atoms with van der Waals surface area (Å²) in [5.41, 5.74) is 1.92. The molecule has 2 aliphatic rings. The molecule has 0 spiro atoms. The van der Waals surface area contributed by atoms with Gasteiger partial charge in [-0.15, -0.1) is 0 Å². The number of aliphatic hydroxyl groups is 1. The molecule has 132 valence electrons. The molecule has 8 nitrogen and oxygen atoms in total. The number of rotatable bonds is 3. The molecule has 1 saturated heterocycles. The van der Waals surface area contributed by atoms with Gasteiger partial charge in [0, 0.05) is 6.04 Å². The van der Waals surface area contributed by atoms with Crippen molar-refractivity contribution in [3.05, 3.63) is 0 Å². The summed E-state index contributed by atoms with van der Waals surface area (Å²) in [6.07, 6.45) is -0.242. The average Bonchev–Trinajstić information content (AvgIpc) is 2.67. The molecule has 1 saturated carbocycles. The SMILES string of the molecule is CC1OCC2(C(=O)O)CCC(NNC(=O)OC(C)(C)C)CC12O. The van der Waals surface area contributed by atoms with Gasteiger partial charge in [0.05, 0.1) is 12.7 Å². The quantitative estimate of drug-likeness (QED) is 0.565. The number of hydrogen-bond acceptors (Lipinski definition) is 6. The maximum Gasteiger partial charge on any atom is 0.422 e. The highest BCUT2D eigenvalue weighted by Crippen LogP contribution is 2.51. The Hall–Kier alpha value is -1.38. The maximum absolute atomic E-state index is 11.7. The Balaban J connectivity index is 1.99. The molecule has 1 aliphatic carbocycles. The summed E-state index contributed by atoms with van der Waals surface area (Å²) in [4.78, 5) is 23.4. The number of nitrogens with one attached hydrogen (secondary N) is 2. The Morgan fingerprint density at radius 2 is 2.00 bits per heavy atom. The predicted octanol–water partition coefficient (Wildman–Crippen LogP) is 0.789. The summed E-state index contributed by atoms with van der Waals surface area (Å²) >= 11 is 0. The fourth-order valence-electron chi connectivity index (χ4n) is 3.41. The van der Waals surface area contributed by atoms with Crippen LogP contribution >= 0.6 is 0 Å². The highest BCUT2D eigenvalue weighted by molar-refractivity contribution is 5.77. The van der Waals surface area contributed by atoms with Crippen LogP contribution in [0.25, 0.3) is 0 Å². The summed E-state index contributed by atoms with van der Waals surface area (Å²) in [5, 5.41) is 20.5. The number of carbonyl (C=O) groups excluding carboxylic acids is 1. The van der Waals surface area contributed by atoms with Crippen LogP contribution in [0.15, 0.2) is 0 Å². The van der Waals surface area contributed by atoms with Crippen LogP contribution in [-0.4, -0.2) is 52.2 Å². The van der Waals surface area contributed by atoms with Crippen molar-refractivity contribution in [2.45, 2.75) is 70.3 Å². The molecule has 4 N–H and O–H groups in total. The third-order valence-electron chi connectivity index (χ3n) is 4.74. The molecule has 0 aromatic heterocycles. The van der Waals surface area contributed by atoms with Crippen LogP contribution in [0.4, 0.5) is 4.79 Å². The van der Waals surface area contributed by atoms with E-state index < -0.39 is 34.8 Å². The normalized spacial score (nSPS) is 37.1. The van der Waals surface area contributed by atoms with Crippen molar-refractivity contribution in [1.29, 1.82) is 0 Å². The Morgan fingerprint density at radius 3 is 2.57 bits per heavy atom. The van der Waals surface area contributed by atoms with E-state index in [9.17, 15) is 19.8 Å². The van der Waals surface area contributed by atoms with Crippen LogP contribution in [0.1, 0.15) is 47.0 Å². The summed E-state index contributed by atoms with van der Waals surface area (Å²) in [5.74, 6) is -1.04. The van der Waals surface area contributed by atoms with Crippen molar-refractivity contribution < 1.29 is 29.3 Å². The summed E-state index contributed by atoms with van der Waals surface area (Å²) in [6, 6.07) is -0.260. The zero-order valence-electron chi connectivity index (χ0n) is 14.0. The van der Waals surface area contributed by atoms with Crippen LogP contribution in [0, 0.1) is 5.41 Å². The molecule has 23 heavy (non-hydrogen) atoms. The monoisotopic (exact) mass is 330 g/mol. The van der Waals surface area contributed by atoms with Gasteiger partial charge in [0.15, 0.2) is 0 Å². The molecule has 0 aromatic carbocycles. The lowest BCUT2D eigenvalue weighted by Crippen LogP contribution is -2.62. The number of aliphatic carboxylic acids is 1. The lowest BCUT2D eigenvalue weighted by Gasteiger charge is -2.45. The zero-order valence-corrected chi connectivity index (χ0v) is 14.0. The van der Waals surface area contributed by atoms with E-state index >= 15 is 0 Å². The van der Waals surface area contributed by atoms with Gasteiger partial charge in [-0.3, -0.25) is 10.2 Å². The molecular weight excluding hydrogens is 304 g/mol. The van der Waals surface area contributed by atoms with Crippen LogP contribution in [0.5, 0.6) is 0 Å². The minimum Gasteiger partial charge on any atom is -0.481 e. The van der Waals surface area contributed by atoms with Gasteiger partial charge in [-0.2, -0.15) is 0 Å². The minimum atomic E-state index is -1.47. The molecule has 4 unspecified atom stereocenters. The van der Waals surface area contributed by atoms with E-state index in [1.807, 2.05) is 0 Å². The second-order valence-electron chi connectivity index (χ2n) is 7.48. The van der Waals surface area contributed by atoms with Crippen molar-refractivity contribution in [2.24, 2.45) is 5.41 Å². The second kappa shape index (κ2) is 5.92. The van der Waals surface area contributed by atoms with E-state index in [0.717, 1.165) is 0 Å². The van der Waals surface area contributed by atoms with E-state index in [-0.39, 0.29) is 25.5 Å². The Kier molecular flexibility index (Phi) is 4.62. The lowest BCUT2D eigenvalue weighted by molar-refractivity contribution is -0.172. The molecule has 8 heteroatoms. The van der Waals surface area contributed by atoms with Gasteiger partial charge in [-0.1, -0.05) is 0 Å². The Morgan fingerprint density at radius 1 is 1.35 bits per heavy atom. The Bertz CT molecular complexity index is 491. The van der Waals surface area contributed by atoms with Crippen molar-refractivity contribution in [3.8, 4) is 0 Å². The second-order valence-corrected chi connectivity index (χ2v) is 7.48. The Labute approximate surface area is 135 Å². The molecule has 2 rings (SSSR count). The van der Waals surface area contributed by atoms with E-state index in [4.69, 9.17) is 9.47 Å².